The van der Waals surface area contributed by atoms with Crippen molar-refractivity contribution < 1.29 is 52.3 Å². The van der Waals surface area contributed by atoms with Gasteiger partial charge in [-0.1, -0.05) is 42.5 Å². The van der Waals surface area contributed by atoms with Gasteiger partial charge in [0.05, 0.1) is 0 Å². The van der Waals surface area contributed by atoms with Crippen LogP contribution in [0.25, 0.3) is 0 Å². The fraction of sp³-hybridized carbons (Fsp3) is 0.484. The zero-order chi connectivity index (χ0) is 30.5. The molecule has 1 fully saturated rings. The first-order chi connectivity index (χ1) is 20.1. The third kappa shape index (κ3) is 10.8. The van der Waals surface area contributed by atoms with Crippen LogP contribution < -0.4 is 4.74 Å². The Labute approximate surface area is 245 Å². The quantitative estimate of drug-likeness (QED) is 0.182. The van der Waals surface area contributed by atoms with E-state index in [-0.39, 0.29) is 13.2 Å². The van der Waals surface area contributed by atoms with Gasteiger partial charge in [-0.15, -0.1) is 0 Å². The monoisotopic (exact) mass is 586 g/mol. The third-order valence-electron chi connectivity index (χ3n) is 6.26. The van der Waals surface area contributed by atoms with Crippen molar-refractivity contribution in [1.82, 2.24) is 0 Å². The van der Waals surface area contributed by atoms with Crippen LogP contribution >= 0.6 is 0 Å². The number of unbranched alkanes of at least 4 members (excludes halogenated alkanes) is 1. The molecule has 1 saturated heterocycles. The molecule has 1 aliphatic rings. The van der Waals surface area contributed by atoms with Crippen LogP contribution in [-0.2, 0) is 60.6 Å². The predicted octanol–water partition coefficient (Wildman–Crippen LogP) is 3.69. The molecular weight excluding hydrogens is 548 g/mol. The Morgan fingerprint density at radius 1 is 0.690 bits per heavy atom. The van der Waals surface area contributed by atoms with Gasteiger partial charge in [0, 0.05) is 34.3 Å². The number of carbonyl (C=O) groups excluding carboxylic acids is 4. The lowest BCUT2D eigenvalue weighted by molar-refractivity contribution is -0.308. The van der Waals surface area contributed by atoms with Crippen molar-refractivity contribution in [2.75, 3.05) is 13.2 Å². The first-order valence-corrected chi connectivity index (χ1v) is 13.8. The number of carbonyl (C=O) groups is 4. The van der Waals surface area contributed by atoms with Crippen molar-refractivity contribution in [2.24, 2.45) is 0 Å². The van der Waals surface area contributed by atoms with E-state index in [1.807, 2.05) is 54.6 Å². The first-order valence-electron chi connectivity index (χ1n) is 13.8. The molecule has 0 saturated carbocycles. The molecule has 2 aromatic rings. The summed E-state index contributed by atoms with van der Waals surface area (Å²) in [5.74, 6) is -1.86. The SMILES string of the molecule is CC(=O)OC[C@H]1O[C@@H](OCCCCc2ccc(OCc3ccccc3)cc2)[C@H](OC(C)=O)[C@@H](OC(C)=O)[C@@H]1OC(C)=O. The molecule has 0 aliphatic carbocycles. The molecular formula is C31H38O11. The van der Waals surface area contributed by atoms with Crippen molar-refractivity contribution >= 4 is 23.9 Å². The van der Waals surface area contributed by atoms with Crippen molar-refractivity contribution in [3.63, 3.8) is 0 Å². The minimum absolute atomic E-state index is 0.228. The number of ether oxygens (including phenoxy) is 7. The molecule has 0 unspecified atom stereocenters. The van der Waals surface area contributed by atoms with Gasteiger partial charge >= 0.3 is 23.9 Å². The smallest absolute Gasteiger partial charge is 0.303 e. The van der Waals surface area contributed by atoms with E-state index in [0.717, 1.165) is 29.7 Å². The Hall–Kier alpha value is -3.96. The molecule has 1 aliphatic heterocycles. The van der Waals surface area contributed by atoms with Crippen molar-refractivity contribution in [2.45, 2.75) is 84.3 Å². The first kappa shape index (κ1) is 32.6. The molecule has 11 nitrogen and oxygen atoms in total. The molecule has 3 rings (SSSR count). The summed E-state index contributed by atoms with van der Waals surface area (Å²) in [4.78, 5) is 47.2. The van der Waals surface area contributed by atoms with E-state index >= 15 is 0 Å². The summed E-state index contributed by atoms with van der Waals surface area (Å²) in [6, 6.07) is 17.8. The summed E-state index contributed by atoms with van der Waals surface area (Å²) >= 11 is 0. The summed E-state index contributed by atoms with van der Waals surface area (Å²) < 4.78 is 39.0. The minimum Gasteiger partial charge on any atom is -0.489 e. The zero-order valence-electron chi connectivity index (χ0n) is 24.3. The molecule has 0 N–H and O–H groups in total. The fourth-order valence-electron chi connectivity index (χ4n) is 4.45. The molecule has 1 heterocycles. The number of esters is 4. The Morgan fingerprint density at radius 3 is 1.93 bits per heavy atom. The van der Waals surface area contributed by atoms with Gasteiger partial charge in [0.15, 0.2) is 24.6 Å². The van der Waals surface area contributed by atoms with Crippen LogP contribution in [0.1, 0.15) is 51.7 Å². The number of benzene rings is 2. The van der Waals surface area contributed by atoms with E-state index in [1.165, 1.54) is 27.7 Å². The average Bonchev–Trinajstić information content (AvgIpc) is 2.94. The second kappa shape index (κ2) is 16.5. The molecule has 11 heteroatoms. The third-order valence-corrected chi connectivity index (χ3v) is 6.26. The van der Waals surface area contributed by atoms with Gasteiger partial charge in [-0.25, -0.2) is 0 Å². The van der Waals surface area contributed by atoms with Crippen LogP contribution in [0, 0.1) is 0 Å². The fourth-order valence-corrected chi connectivity index (χ4v) is 4.45. The van der Waals surface area contributed by atoms with Gasteiger partial charge in [-0.05, 0) is 42.5 Å². The summed E-state index contributed by atoms with van der Waals surface area (Å²) in [6.07, 6.45) is -3.69. The van der Waals surface area contributed by atoms with E-state index in [9.17, 15) is 19.2 Å². The van der Waals surface area contributed by atoms with Gasteiger partial charge in [-0.2, -0.15) is 0 Å². The molecule has 5 atom stereocenters. The van der Waals surface area contributed by atoms with E-state index < -0.39 is 54.6 Å². The molecule has 0 bridgehead atoms. The Kier molecular flexibility index (Phi) is 12.8. The highest BCUT2D eigenvalue weighted by atomic mass is 16.7. The summed E-state index contributed by atoms with van der Waals surface area (Å²) in [5.41, 5.74) is 2.23. The highest BCUT2D eigenvalue weighted by Gasteiger charge is 2.52. The van der Waals surface area contributed by atoms with E-state index in [2.05, 4.69) is 0 Å². The number of hydrogen-bond donors (Lipinski definition) is 0. The van der Waals surface area contributed by atoms with Crippen molar-refractivity contribution in [3.05, 3.63) is 65.7 Å². The van der Waals surface area contributed by atoms with E-state index in [0.29, 0.717) is 13.0 Å². The summed E-state index contributed by atoms with van der Waals surface area (Å²) in [5, 5.41) is 0. The molecule has 42 heavy (non-hydrogen) atoms. The van der Waals surface area contributed by atoms with Crippen LogP contribution in [0.2, 0.25) is 0 Å². The lowest BCUT2D eigenvalue weighted by Crippen LogP contribution is -2.63. The van der Waals surface area contributed by atoms with Gasteiger partial charge in [0.2, 0.25) is 0 Å². The molecule has 0 amide bonds. The predicted molar refractivity (Wildman–Crippen MR) is 148 cm³/mol. The van der Waals surface area contributed by atoms with Crippen LogP contribution in [0.15, 0.2) is 54.6 Å². The average molecular weight is 587 g/mol. The van der Waals surface area contributed by atoms with Gasteiger partial charge in [0.25, 0.3) is 0 Å². The second-order valence-corrected chi connectivity index (χ2v) is 9.81. The second-order valence-electron chi connectivity index (χ2n) is 9.81. The summed E-state index contributed by atoms with van der Waals surface area (Å²) in [7, 11) is 0. The molecule has 228 valence electrons. The van der Waals surface area contributed by atoms with Gasteiger partial charge in [0.1, 0.15) is 25.1 Å². The Morgan fingerprint density at radius 2 is 1.31 bits per heavy atom. The van der Waals surface area contributed by atoms with Crippen LogP contribution in [0.5, 0.6) is 5.75 Å². The number of aryl methyl sites for hydroxylation is 1. The molecule has 0 radical (unpaired) electrons. The van der Waals surface area contributed by atoms with Crippen LogP contribution in [-0.4, -0.2) is 67.8 Å². The van der Waals surface area contributed by atoms with Crippen LogP contribution in [0.4, 0.5) is 0 Å². The Balaban J connectivity index is 1.58. The minimum atomic E-state index is -1.25. The van der Waals surface area contributed by atoms with E-state index in [1.54, 1.807) is 0 Å². The number of hydrogen-bond acceptors (Lipinski definition) is 11. The van der Waals surface area contributed by atoms with E-state index in [4.69, 9.17) is 33.2 Å². The topological polar surface area (TPSA) is 133 Å². The molecule has 0 spiro atoms. The lowest BCUT2D eigenvalue weighted by atomic mass is 9.98. The maximum atomic E-state index is 11.9. The molecule has 0 aromatic heterocycles. The maximum absolute atomic E-state index is 11.9. The lowest BCUT2D eigenvalue weighted by Gasteiger charge is -2.44. The normalized spacial score (nSPS) is 21.6. The number of rotatable bonds is 14. The highest BCUT2D eigenvalue weighted by Crippen LogP contribution is 2.30. The zero-order valence-corrected chi connectivity index (χ0v) is 24.3. The standard InChI is InChI=1S/C31H38O11/c1-20(32)37-19-27-28(39-21(2)33)29(40-22(3)34)30(41-23(4)35)31(42-27)36-17-9-8-10-24-13-15-26(16-14-24)38-18-25-11-6-5-7-12-25/h5-7,11-16,27-31H,8-10,17-19H2,1-4H3/t27-,28-,29+,30-,31-/m1/s1. The highest BCUT2D eigenvalue weighted by molar-refractivity contribution is 5.68. The maximum Gasteiger partial charge on any atom is 0.303 e. The van der Waals surface area contributed by atoms with Gasteiger partial charge in [-0.3, -0.25) is 19.2 Å². The van der Waals surface area contributed by atoms with Crippen molar-refractivity contribution in [3.8, 4) is 5.75 Å². The largest absolute Gasteiger partial charge is 0.489 e. The summed E-state index contributed by atoms with van der Waals surface area (Å²) in [6.45, 7) is 5.16. The van der Waals surface area contributed by atoms with Gasteiger partial charge < -0.3 is 33.2 Å². The molecule has 2 aromatic carbocycles. The Bertz CT molecular complexity index is 1170. The van der Waals surface area contributed by atoms with Crippen molar-refractivity contribution in [1.29, 1.82) is 0 Å². The van der Waals surface area contributed by atoms with Crippen LogP contribution in [0.3, 0.4) is 0 Å².